The van der Waals surface area contributed by atoms with Crippen molar-refractivity contribution in [3.05, 3.63) is 68.8 Å². The summed E-state index contributed by atoms with van der Waals surface area (Å²) in [5, 5.41) is 16.9. The van der Waals surface area contributed by atoms with Crippen molar-refractivity contribution in [1.29, 1.82) is 5.26 Å². The van der Waals surface area contributed by atoms with Crippen LogP contribution in [0.15, 0.2) is 52.1 Å². The molecule has 1 aromatic carbocycles. The summed E-state index contributed by atoms with van der Waals surface area (Å²) in [6.45, 7) is 2.21. The van der Waals surface area contributed by atoms with Crippen molar-refractivity contribution in [3.63, 3.8) is 0 Å². The highest BCUT2D eigenvalue weighted by molar-refractivity contribution is 7.17. The van der Waals surface area contributed by atoms with Gasteiger partial charge in [0, 0.05) is 29.6 Å². The van der Waals surface area contributed by atoms with Crippen LogP contribution in [0.25, 0.3) is 21.5 Å². The van der Waals surface area contributed by atoms with E-state index in [4.69, 9.17) is 5.26 Å². The molecule has 0 fully saturated rings. The monoisotopic (exact) mass is 476 g/mol. The number of fused-ring (bicyclic) bond motifs is 1. The SMILES string of the molecule is CCn1c(=O)ccc2cc(C(F)(F)F)ccc21.N#Cc1csc(NC=O)c1-c1nccs1. The number of alkyl halides is 3. The normalized spacial score (nSPS) is 10.8. The Morgan fingerprint density at radius 3 is 2.62 bits per heavy atom. The minimum absolute atomic E-state index is 0.209. The number of benzene rings is 1. The number of rotatable bonds is 4. The third-order valence-electron chi connectivity index (χ3n) is 4.38. The fraction of sp³-hybridized carbons (Fsp3) is 0.143. The maximum atomic E-state index is 12.5. The number of anilines is 1. The summed E-state index contributed by atoms with van der Waals surface area (Å²) in [5.74, 6) is 0. The van der Waals surface area contributed by atoms with Crippen molar-refractivity contribution in [2.45, 2.75) is 19.6 Å². The van der Waals surface area contributed by atoms with Crippen molar-refractivity contribution in [1.82, 2.24) is 9.55 Å². The Balaban J connectivity index is 0.000000182. The highest BCUT2D eigenvalue weighted by Gasteiger charge is 2.30. The van der Waals surface area contributed by atoms with E-state index in [1.165, 1.54) is 45.4 Å². The summed E-state index contributed by atoms with van der Waals surface area (Å²) in [4.78, 5) is 26.0. The van der Waals surface area contributed by atoms with Crippen molar-refractivity contribution < 1.29 is 18.0 Å². The highest BCUT2D eigenvalue weighted by atomic mass is 32.1. The molecule has 0 aliphatic rings. The van der Waals surface area contributed by atoms with Gasteiger partial charge in [-0.25, -0.2) is 4.98 Å². The first-order chi connectivity index (χ1) is 15.3. The minimum Gasteiger partial charge on any atom is -0.320 e. The van der Waals surface area contributed by atoms with Crippen LogP contribution in [0.2, 0.25) is 0 Å². The lowest BCUT2D eigenvalue weighted by Crippen LogP contribution is -2.18. The van der Waals surface area contributed by atoms with Gasteiger partial charge in [0.15, 0.2) is 0 Å². The van der Waals surface area contributed by atoms with Crippen LogP contribution in [0.3, 0.4) is 0 Å². The van der Waals surface area contributed by atoms with Crippen LogP contribution in [-0.2, 0) is 17.5 Å². The highest BCUT2D eigenvalue weighted by Crippen LogP contribution is 2.37. The first-order valence-corrected chi connectivity index (χ1v) is 10.9. The van der Waals surface area contributed by atoms with Crippen LogP contribution >= 0.6 is 22.7 Å². The number of thiazole rings is 1. The molecule has 6 nitrogen and oxygen atoms in total. The molecular formula is C21H15F3N4O2S2. The number of thiophene rings is 1. The molecule has 0 aliphatic heterocycles. The van der Waals surface area contributed by atoms with Gasteiger partial charge in [-0.2, -0.15) is 18.4 Å². The lowest BCUT2D eigenvalue weighted by Gasteiger charge is -2.10. The number of nitriles is 1. The lowest BCUT2D eigenvalue weighted by atomic mass is 10.1. The molecule has 0 bridgehead atoms. The number of amides is 1. The van der Waals surface area contributed by atoms with Crippen LogP contribution in [0.4, 0.5) is 18.2 Å². The van der Waals surface area contributed by atoms with Gasteiger partial charge in [0.2, 0.25) is 6.41 Å². The third-order valence-corrected chi connectivity index (χ3v) is 6.08. The minimum atomic E-state index is -4.36. The number of nitrogens with one attached hydrogen (secondary N) is 1. The van der Waals surface area contributed by atoms with Gasteiger partial charge in [-0.15, -0.1) is 22.7 Å². The number of nitrogens with zero attached hydrogens (tertiary/aromatic N) is 3. The summed E-state index contributed by atoms with van der Waals surface area (Å²) in [6, 6.07) is 8.17. The van der Waals surface area contributed by atoms with Crippen molar-refractivity contribution in [3.8, 4) is 16.6 Å². The summed E-state index contributed by atoms with van der Waals surface area (Å²) in [5.41, 5.74) is 0.864. The maximum absolute atomic E-state index is 12.5. The number of carbonyl (C=O) groups excluding carboxylic acids is 1. The molecule has 0 radical (unpaired) electrons. The van der Waals surface area contributed by atoms with E-state index in [-0.39, 0.29) is 5.56 Å². The number of hydrogen-bond donors (Lipinski definition) is 1. The van der Waals surface area contributed by atoms with Crippen LogP contribution in [0.1, 0.15) is 18.1 Å². The Morgan fingerprint density at radius 1 is 1.25 bits per heavy atom. The van der Waals surface area contributed by atoms with Crippen LogP contribution in [0, 0.1) is 11.3 Å². The van der Waals surface area contributed by atoms with Gasteiger partial charge in [0.25, 0.3) is 5.56 Å². The average Bonchev–Trinajstić information content (AvgIpc) is 3.43. The van der Waals surface area contributed by atoms with E-state index in [0.29, 0.717) is 40.0 Å². The number of pyridine rings is 1. The second-order valence-electron chi connectivity index (χ2n) is 6.25. The van der Waals surface area contributed by atoms with Crippen LogP contribution in [-0.4, -0.2) is 16.0 Å². The van der Waals surface area contributed by atoms with E-state index in [1.807, 2.05) is 5.38 Å². The number of aromatic nitrogens is 2. The van der Waals surface area contributed by atoms with E-state index in [9.17, 15) is 22.8 Å². The van der Waals surface area contributed by atoms with Crippen LogP contribution < -0.4 is 10.9 Å². The topological polar surface area (TPSA) is 87.8 Å². The van der Waals surface area contributed by atoms with Crippen molar-refractivity contribution >= 4 is 45.0 Å². The van der Waals surface area contributed by atoms with Gasteiger partial charge >= 0.3 is 6.18 Å². The molecule has 164 valence electrons. The molecule has 32 heavy (non-hydrogen) atoms. The second kappa shape index (κ2) is 9.76. The molecule has 0 unspecified atom stereocenters. The van der Waals surface area contributed by atoms with Crippen molar-refractivity contribution in [2.75, 3.05) is 5.32 Å². The van der Waals surface area contributed by atoms with Gasteiger partial charge in [0.05, 0.1) is 22.2 Å². The molecule has 0 spiro atoms. The van der Waals surface area contributed by atoms with Gasteiger partial charge in [-0.1, -0.05) is 0 Å². The molecule has 3 heterocycles. The Hall–Kier alpha value is -3.49. The molecule has 0 atom stereocenters. The van der Waals surface area contributed by atoms with Gasteiger partial charge in [0.1, 0.15) is 16.1 Å². The molecule has 0 saturated heterocycles. The molecule has 1 amide bonds. The summed E-state index contributed by atoms with van der Waals surface area (Å²) >= 11 is 2.76. The molecule has 0 saturated carbocycles. The molecule has 1 N–H and O–H groups in total. The van der Waals surface area contributed by atoms with E-state index < -0.39 is 11.7 Å². The van der Waals surface area contributed by atoms with Gasteiger partial charge in [-0.3, -0.25) is 9.59 Å². The zero-order chi connectivity index (χ0) is 23.3. The number of aryl methyl sites for hydroxylation is 1. The molecule has 4 aromatic rings. The standard InChI is InChI=1S/C12H10F3NO.C9H5N3OS2/c1-2-16-10-5-4-9(12(13,14)15)7-8(10)3-6-11(16)17;10-3-6-4-15-9(12-5-13)7(6)8-11-1-2-14-8/h3-7H,2H2,1H3;1-2,4-5H,(H,12,13). The zero-order valence-electron chi connectivity index (χ0n) is 16.5. The second-order valence-corrected chi connectivity index (χ2v) is 8.03. The first kappa shape index (κ1) is 23.2. The fourth-order valence-electron chi connectivity index (χ4n) is 2.97. The summed E-state index contributed by atoms with van der Waals surface area (Å²) < 4.78 is 39.0. The largest absolute Gasteiger partial charge is 0.416 e. The summed E-state index contributed by atoms with van der Waals surface area (Å²) in [7, 11) is 0. The quantitative estimate of drug-likeness (QED) is 0.402. The average molecular weight is 477 g/mol. The molecule has 11 heteroatoms. The molecule has 3 aromatic heterocycles. The molecular weight excluding hydrogens is 461 g/mol. The third kappa shape index (κ3) is 4.87. The van der Waals surface area contributed by atoms with E-state index >= 15 is 0 Å². The zero-order valence-corrected chi connectivity index (χ0v) is 18.1. The summed E-state index contributed by atoms with van der Waals surface area (Å²) in [6.07, 6.45) is -2.09. The maximum Gasteiger partial charge on any atom is 0.416 e. The van der Waals surface area contributed by atoms with E-state index in [2.05, 4.69) is 16.4 Å². The Morgan fingerprint density at radius 2 is 2.03 bits per heavy atom. The Bertz CT molecular complexity index is 1340. The predicted octanol–water partition coefficient (Wildman–Crippen LogP) is 5.35. The van der Waals surface area contributed by atoms with Crippen LogP contribution in [0.5, 0.6) is 0 Å². The van der Waals surface area contributed by atoms with E-state index in [1.54, 1.807) is 18.5 Å². The Labute approximate surface area is 188 Å². The van der Waals surface area contributed by atoms with E-state index in [0.717, 1.165) is 17.1 Å². The molecule has 0 aliphatic carbocycles. The first-order valence-electron chi connectivity index (χ1n) is 9.12. The smallest absolute Gasteiger partial charge is 0.320 e. The lowest BCUT2D eigenvalue weighted by molar-refractivity contribution is -0.137. The Kier molecular flexibility index (Phi) is 7.07. The number of halogens is 3. The van der Waals surface area contributed by atoms with Gasteiger partial charge < -0.3 is 9.88 Å². The number of carbonyl (C=O) groups is 1. The predicted molar refractivity (Wildman–Crippen MR) is 119 cm³/mol. The number of hydrogen-bond acceptors (Lipinski definition) is 6. The van der Waals surface area contributed by atoms with Crippen molar-refractivity contribution in [2.24, 2.45) is 0 Å². The van der Waals surface area contributed by atoms with Gasteiger partial charge in [-0.05, 0) is 36.6 Å². The fourth-order valence-corrected chi connectivity index (χ4v) is 4.58. The molecule has 4 rings (SSSR count).